The highest BCUT2D eigenvalue weighted by Crippen LogP contribution is 2.18. The number of amides is 1. The molecule has 1 atom stereocenters. The van der Waals surface area contributed by atoms with E-state index in [0.29, 0.717) is 18.8 Å². The number of carbonyl (C=O) groups is 1. The van der Waals surface area contributed by atoms with Crippen LogP contribution in [0.5, 0.6) is 11.6 Å². The molecule has 0 spiro atoms. The van der Waals surface area contributed by atoms with Crippen molar-refractivity contribution in [3.05, 3.63) is 48.2 Å². The number of methoxy groups -OCH3 is 1. The first-order valence-electron chi connectivity index (χ1n) is 8.09. The van der Waals surface area contributed by atoms with Gasteiger partial charge in [-0.3, -0.25) is 4.79 Å². The summed E-state index contributed by atoms with van der Waals surface area (Å²) in [6.45, 7) is 1.35. The fourth-order valence-corrected chi connectivity index (χ4v) is 2.85. The largest absolute Gasteiger partial charge is 0.497 e. The molecule has 2 aromatic rings. The Bertz CT molecular complexity index is 678. The summed E-state index contributed by atoms with van der Waals surface area (Å²) in [6, 6.07) is 11.2. The molecule has 1 aliphatic heterocycles. The second-order valence-electron chi connectivity index (χ2n) is 5.81. The molecule has 24 heavy (non-hydrogen) atoms. The van der Waals surface area contributed by atoms with Crippen LogP contribution in [-0.2, 0) is 11.2 Å². The number of hydrogen-bond donors (Lipinski definition) is 0. The van der Waals surface area contributed by atoms with Gasteiger partial charge in [-0.25, -0.2) is 0 Å². The number of ether oxygens (including phenoxy) is 2. The van der Waals surface area contributed by atoms with Crippen LogP contribution < -0.4 is 9.47 Å². The number of aromatic nitrogens is 2. The average molecular weight is 327 g/mol. The molecule has 0 radical (unpaired) electrons. The molecular formula is C18H21N3O3. The smallest absolute Gasteiger partial charge is 0.233 e. The van der Waals surface area contributed by atoms with Gasteiger partial charge in [0.15, 0.2) is 0 Å². The number of hydrogen-bond acceptors (Lipinski definition) is 5. The quantitative estimate of drug-likeness (QED) is 0.841. The van der Waals surface area contributed by atoms with Crippen LogP contribution in [0.3, 0.4) is 0 Å². The van der Waals surface area contributed by atoms with E-state index in [4.69, 9.17) is 9.47 Å². The van der Waals surface area contributed by atoms with E-state index >= 15 is 0 Å². The molecule has 1 aromatic carbocycles. The molecule has 6 heteroatoms. The van der Waals surface area contributed by atoms with E-state index in [-0.39, 0.29) is 12.0 Å². The van der Waals surface area contributed by atoms with Crippen molar-refractivity contribution in [2.75, 3.05) is 20.2 Å². The van der Waals surface area contributed by atoms with Crippen LogP contribution in [0.15, 0.2) is 42.6 Å². The highest BCUT2D eigenvalue weighted by atomic mass is 16.5. The topological polar surface area (TPSA) is 64.5 Å². The molecule has 1 amide bonds. The van der Waals surface area contributed by atoms with Gasteiger partial charge in [0.2, 0.25) is 11.8 Å². The Balaban J connectivity index is 1.58. The molecule has 1 saturated heterocycles. The van der Waals surface area contributed by atoms with Gasteiger partial charge >= 0.3 is 0 Å². The molecule has 0 N–H and O–H groups in total. The van der Waals surface area contributed by atoms with Crippen molar-refractivity contribution in [2.45, 2.75) is 25.4 Å². The summed E-state index contributed by atoms with van der Waals surface area (Å²) in [6.07, 6.45) is 3.78. The Morgan fingerprint density at radius 1 is 1.33 bits per heavy atom. The Morgan fingerprint density at radius 3 is 3.04 bits per heavy atom. The highest BCUT2D eigenvalue weighted by Gasteiger charge is 2.25. The van der Waals surface area contributed by atoms with Gasteiger partial charge in [-0.15, -0.1) is 5.10 Å². The summed E-state index contributed by atoms with van der Waals surface area (Å²) in [7, 11) is 1.62. The maximum Gasteiger partial charge on any atom is 0.233 e. The molecule has 1 fully saturated rings. The number of piperidine rings is 1. The number of carbonyl (C=O) groups excluding carboxylic acids is 1. The minimum absolute atomic E-state index is 0.0373. The molecule has 126 valence electrons. The average Bonchev–Trinajstić information content (AvgIpc) is 2.63. The molecule has 2 heterocycles. The van der Waals surface area contributed by atoms with Crippen LogP contribution in [0.1, 0.15) is 18.4 Å². The summed E-state index contributed by atoms with van der Waals surface area (Å²) >= 11 is 0. The van der Waals surface area contributed by atoms with Crippen LogP contribution in [-0.4, -0.2) is 47.3 Å². The van der Waals surface area contributed by atoms with Crippen molar-refractivity contribution in [1.82, 2.24) is 15.1 Å². The summed E-state index contributed by atoms with van der Waals surface area (Å²) in [4.78, 5) is 14.4. The third-order valence-corrected chi connectivity index (χ3v) is 4.06. The normalized spacial score (nSPS) is 17.4. The first-order valence-corrected chi connectivity index (χ1v) is 8.09. The first kappa shape index (κ1) is 16.2. The van der Waals surface area contributed by atoms with Crippen LogP contribution in [0, 0.1) is 0 Å². The minimum Gasteiger partial charge on any atom is -0.497 e. The van der Waals surface area contributed by atoms with Crippen LogP contribution in [0.4, 0.5) is 0 Å². The lowest BCUT2D eigenvalue weighted by atomic mass is 10.1. The fourth-order valence-electron chi connectivity index (χ4n) is 2.85. The van der Waals surface area contributed by atoms with Gasteiger partial charge in [0, 0.05) is 18.8 Å². The zero-order valence-electron chi connectivity index (χ0n) is 13.7. The van der Waals surface area contributed by atoms with Gasteiger partial charge in [-0.05, 0) is 36.6 Å². The zero-order chi connectivity index (χ0) is 16.8. The fraction of sp³-hybridized carbons (Fsp3) is 0.389. The summed E-state index contributed by atoms with van der Waals surface area (Å²) in [5.74, 6) is 1.38. The van der Waals surface area contributed by atoms with E-state index < -0.39 is 0 Å². The second-order valence-corrected chi connectivity index (χ2v) is 5.81. The standard InChI is InChI=1S/C18H21N3O3/c1-23-15-6-2-5-14(11-15)12-18(22)21-10-4-7-16(13-21)24-17-8-3-9-19-20-17/h2-3,5-6,8-9,11,16H,4,7,10,12-13H2,1H3/t16-/m1/s1. The Kier molecular flexibility index (Phi) is 5.25. The molecule has 3 rings (SSSR count). The Morgan fingerprint density at radius 2 is 2.25 bits per heavy atom. The highest BCUT2D eigenvalue weighted by molar-refractivity contribution is 5.79. The number of rotatable bonds is 5. The summed E-state index contributed by atoms with van der Waals surface area (Å²) in [5.41, 5.74) is 0.955. The molecule has 0 saturated carbocycles. The van der Waals surface area contributed by atoms with Crippen molar-refractivity contribution >= 4 is 5.91 Å². The zero-order valence-corrected chi connectivity index (χ0v) is 13.7. The molecule has 0 aliphatic carbocycles. The van der Waals surface area contributed by atoms with E-state index in [9.17, 15) is 4.79 Å². The monoisotopic (exact) mass is 327 g/mol. The van der Waals surface area contributed by atoms with E-state index in [0.717, 1.165) is 30.7 Å². The van der Waals surface area contributed by atoms with Gasteiger partial charge in [0.05, 0.1) is 20.1 Å². The van der Waals surface area contributed by atoms with Gasteiger partial charge in [-0.1, -0.05) is 12.1 Å². The number of nitrogens with zero attached hydrogens (tertiary/aromatic N) is 3. The van der Waals surface area contributed by atoms with E-state index in [1.165, 1.54) is 0 Å². The van der Waals surface area contributed by atoms with Crippen molar-refractivity contribution in [2.24, 2.45) is 0 Å². The predicted molar refractivity (Wildman–Crippen MR) is 89.0 cm³/mol. The van der Waals surface area contributed by atoms with Crippen LogP contribution in [0.25, 0.3) is 0 Å². The molecule has 1 aliphatic rings. The Labute approximate surface area is 141 Å². The van der Waals surface area contributed by atoms with Crippen LogP contribution in [0.2, 0.25) is 0 Å². The lowest BCUT2D eigenvalue weighted by Gasteiger charge is -2.32. The lowest BCUT2D eigenvalue weighted by molar-refractivity contribution is -0.133. The maximum atomic E-state index is 12.6. The maximum absolute atomic E-state index is 12.6. The van der Waals surface area contributed by atoms with Gasteiger partial charge in [-0.2, -0.15) is 5.10 Å². The van der Waals surface area contributed by atoms with Crippen molar-refractivity contribution in [3.8, 4) is 11.6 Å². The van der Waals surface area contributed by atoms with E-state index in [1.807, 2.05) is 29.2 Å². The van der Waals surface area contributed by atoms with Gasteiger partial charge in [0.25, 0.3) is 0 Å². The molecule has 0 bridgehead atoms. The van der Waals surface area contributed by atoms with E-state index in [1.54, 1.807) is 25.4 Å². The predicted octanol–water partition coefficient (Wildman–Crippen LogP) is 2.10. The first-order chi connectivity index (χ1) is 11.7. The van der Waals surface area contributed by atoms with Crippen molar-refractivity contribution in [3.63, 3.8) is 0 Å². The molecular weight excluding hydrogens is 306 g/mol. The van der Waals surface area contributed by atoms with E-state index in [2.05, 4.69) is 10.2 Å². The second kappa shape index (κ2) is 7.77. The molecule has 0 unspecified atom stereocenters. The molecule has 6 nitrogen and oxygen atoms in total. The van der Waals surface area contributed by atoms with Crippen molar-refractivity contribution < 1.29 is 14.3 Å². The third-order valence-electron chi connectivity index (χ3n) is 4.06. The summed E-state index contributed by atoms with van der Waals surface area (Å²) < 4.78 is 11.0. The molecule has 1 aromatic heterocycles. The number of likely N-dealkylation sites (tertiary alicyclic amines) is 1. The van der Waals surface area contributed by atoms with Gasteiger partial charge < -0.3 is 14.4 Å². The lowest BCUT2D eigenvalue weighted by Crippen LogP contribution is -2.45. The SMILES string of the molecule is COc1cccc(CC(=O)N2CCC[C@@H](Oc3cccnn3)C2)c1. The number of benzene rings is 1. The summed E-state index contributed by atoms with van der Waals surface area (Å²) in [5, 5.41) is 7.75. The van der Waals surface area contributed by atoms with Gasteiger partial charge in [0.1, 0.15) is 11.9 Å². The minimum atomic E-state index is -0.0373. The third kappa shape index (κ3) is 4.22. The Hall–Kier alpha value is -2.63. The van der Waals surface area contributed by atoms with Crippen molar-refractivity contribution in [1.29, 1.82) is 0 Å². The van der Waals surface area contributed by atoms with Crippen LogP contribution >= 0.6 is 0 Å².